The molecule has 1 aromatic carbocycles. The van der Waals surface area contributed by atoms with Gasteiger partial charge in [-0.15, -0.1) is 11.3 Å². The standard InChI is InChI=1S/C26H35ClN2O4S2/c1-17-18(2)34-26(28-17)20-5-9-22(10-6-20)29-14-24(16-35(32)12-11-25(30)31)33-15-23(29)13-19-3-7-21(27)8-4-19/h3-4,7-8,20,22-24H,5-6,9-16H2,1-2H3,(H,30,31). The van der Waals surface area contributed by atoms with Crippen molar-refractivity contribution in [3.63, 3.8) is 0 Å². The van der Waals surface area contributed by atoms with Gasteiger partial charge in [-0.05, 0) is 63.6 Å². The molecule has 2 fully saturated rings. The van der Waals surface area contributed by atoms with Gasteiger partial charge in [-0.25, -0.2) is 4.98 Å². The lowest BCUT2D eigenvalue weighted by molar-refractivity contribution is -0.136. The maximum absolute atomic E-state index is 12.5. The second-order valence-electron chi connectivity index (χ2n) is 9.79. The smallest absolute Gasteiger partial charge is 0.308 e. The van der Waals surface area contributed by atoms with E-state index in [2.05, 4.69) is 30.9 Å². The first-order valence-corrected chi connectivity index (χ1v) is 15.1. The number of carboxylic acid groups (broad SMARTS) is 1. The average molecular weight is 539 g/mol. The molecular formula is C26H35ClN2O4S2. The van der Waals surface area contributed by atoms with E-state index in [0.29, 0.717) is 24.3 Å². The van der Waals surface area contributed by atoms with Crippen LogP contribution < -0.4 is 0 Å². The van der Waals surface area contributed by atoms with E-state index in [1.807, 2.05) is 23.5 Å². The number of benzene rings is 1. The van der Waals surface area contributed by atoms with E-state index in [4.69, 9.17) is 26.4 Å². The van der Waals surface area contributed by atoms with Crippen LogP contribution in [0.15, 0.2) is 24.3 Å². The molecule has 0 amide bonds. The summed E-state index contributed by atoms with van der Waals surface area (Å²) in [6.45, 7) is 5.57. The zero-order valence-corrected chi connectivity index (χ0v) is 22.8. The van der Waals surface area contributed by atoms with Gasteiger partial charge >= 0.3 is 5.97 Å². The van der Waals surface area contributed by atoms with E-state index in [1.54, 1.807) is 0 Å². The number of thiazole rings is 1. The number of carbonyl (C=O) groups is 1. The predicted octanol–water partition coefficient (Wildman–Crippen LogP) is 4.98. The van der Waals surface area contributed by atoms with E-state index >= 15 is 0 Å². The number of aliphatic carboxylic acids is 1. The van der Waals surface area contributed by atoms with Gasteiger partial charge in [0.15, 0.2) is 0 Å². The molecule has 4 rings (SSSR count). The molecule has 2 aliphatic rings. The summed E-state index contributed by atoms with van der Waals surface area (Å²) in [4.78, 5) is 19.6. The third-order valence-electron chi connectivity index (χ3n) is 7.27. The first-order chi connectivity index (χ1) is 16.8. The van der Waals surface area contributed by atoms with E-state index < -0.39 is 17.1 Å². The summed E-state index contributed by atoms with van der Waals surface area (Å²) in [6.07, 6.45) is 5.20. The molecule has 35 heavy (non-hydrogen) atoms. The molecule has 0 bridgehead atoms. The molecule has 2 heterocycles. The molecule has 192 valence electrons. The summed E-state index contributed by atoms with van der Waals surface area (Å²) in [5.74, 6) is 0.208. The molecule has 0 radical (unpaired) electrons. The second-order valence-corrected chi connectivity index (χ2v) is 13.1. The number of nitrogens with zero attached hydrogens (tertiary/aromatic N) is 2. The number of halogens is 1. The van der Waals surface area contributed by atoms with Gasteiger partial charge in [-0.3, -0.25) is 9.69 Å². The maximum atomic E-state index is 12.5. The summed E-state index contributed by atoms with van der Waals surface area (Å²) in [7, 11) is 0. The molecule has 9 heteroatoms. The van der Waals surface area contributed by atoms with Crippen LogP contribution in [0.4, 0.5) is 0 Å². The lowest BCUT2D eigenvalue weighted by Gasteiger charge is -2.46. The summed E-state index contributed by atoms with van der Waals surface area (Å²) in [5.41, 5.74) is 2.39. The topological polar surface area (TPSA) is 85.7 Å². The van der Waals surface area contributed by atoms with Gasteiger partial charge < -0.3 is 14.4 Å². The fourth-order valence-corrected chi connectivity index (χ4v) is 7.62. The lowest BCUT2D eigenvalue weighted by Crippen LogP contribution is -2.56. The van der Waals surface area contributed by atoms with E-state index in [1.165, 1.54) is 15.4 Å². The third kappa shape index (κ3) is 7.43. The number of ether oxygens (including phenoxy) is 1. The van der Waals surface area contributed by atoms with Crippen molar-refractivity contribution in [2.75, 3.05) is 24.7 Å². The molecule has 1 N–H and O–H groups in total. The molecule has 1 saturated carbocycles. The summed E-state index contributed by atoms with van der Waals surface area (Å²) in [5, 5.41) is 10.9. The van der Waals surface area contributed by atoms with Crippen molar-refractivity contribution in [2.45, 2.75) is 76.5 Å². The van der Waals surface area contributed by atoms with Crippen molar-refractivity contribution >= 4 is 40.1 Å². The van der Waals surface area contributed by atoms with Crippen molar-refractivity contribution in [3.05, 3.63) is 50.4 Å². The number of hydrogen-bond donors (Lipinski definition) is 1. The number of morpholine rings is 1. The minimum atomic E-state index is -1.19. The molecule has 0 spiro atoms. The van der Waals surface area contributed by atoms with Crippen molar-refractivity contribution in [2.24, 2.45) is 0 Å². The van der Waals surface area contributed by atoms with Crippen LogP contribution in [0.2, 0.25) is 5.02 Å². The molecule has 1 aliphatic heterocycles. The Labute approximate surface area is 220 Å². The van der Waals surface area contributed by atoms with Crippen molar-refractivity contribution < 1.29 is 19.2 Å². The third-order valence-corrected chi connectivity index (χ3v) is 10.2. The SMILES string of the molecule is Cc1nc(C2CCC(N3CC(C[S+]([O-])CCC(=O)O)OCC3Cc3ccc(Cl)cc3)CC2)sc1C. The van der Waals surface area contributed by atoms with Crippen molar-refractivity contribution in [1.82, 2.24) is 9.88 Å². The normalized spacial score (nSPS) is 26.5. The van der Waals surface area contributed by atoms with Gasteiger partial charge in [-0.2, -0.15) is 0 Å². The van der Waals surface area contributed by atoms with E-state index in [9.17, 15) is 9.35 Å². The van der Waals surface area contributed by atoms with Gasteiger partial charge in [0.05, 0.1) is 23.7 Å². The lowest BCUT2D eigenvalue weighted by atomic mass is 9.84. The highest BCUT2D eigenvalue weighted by atomic mass is 35.5. The number of aryl methyl sites for hydroxylation is 2. The van der Waals surface area contributed by atoms with E-state index in [0.717, 1.165) is 49.4 Å². The van der Waals surface area contributed by atoms with Gasteiger partial charge in [0.25, 0.3) is 0 Å². The van der Waals surface area contributed by atoms with Crippen molar-refractivity contribution in [3.8, 4) is 0 Å². The Balaban J connectivity index is 1.41. The minimum Gasteiger partial charge on any atom is -0.616 e. The van der Waals surface area contributed by atoms with Crippen LogP contribution in [0.25, 0.3) is 0 Å². The first-order valence-electron chi connectivity index (χ1n) is 12.4. The maximum Gasteiger partial charge on any atom is 0.308 e. The van der Waals surface area contributed by atoms with Gasteiger partial charge in [0.1, 0.15) is 17.6 Å². The van der Waals surface area contributed by atoms with Crippen LogP contribution in [0, 0.1) is 13.8 Å². The highest BCUT2D eigenvalue weighted by Gasteiger charge is 2.37. The molecule has 1 aliphatic carbocycles. The summed E-state index contributed by atoms with van der Waals surface area (Å²) in [6, 6.07) is 8.75. The Kier molecular flexibility index (Phi) is 9.52. The number of rotatable bonds is 9. The molecular weight excluding hydrogens is 504 g/mol. The van der Waals surface area contributed by atoms with E-state index in [-0.39, 0.29) is 24.3 Å². The van der Waals surface area contributed by atoms with Crippen LogP contribution in [0.3, 0.4) is 0 Å². The van der Waals surface area contributed by atoms with Crippen LogP contribution in [-0.4, -0.2) is 68.4 Å². The Bertz CT molecular complexity index is 959. The Morgan fingerprint density at radius 3 is 2.60 bits per heavy atom. The highest BCUT2D eigenvalue weighted by Crippen LogP contribution is 2.38. The number of carboxylic acids is 1. The van der Waals surface area contributed by atoms with Crippen molar-refractivity contribution in [1.29, 1.82) is 0 Å². The largest absolute Gasteiger partial charge is 0.616 e. The predicted molar refractivity (Wildman–Crippen MR) is 142 cm³/mol. The quantitative estimate of drug-likeness (QED) is 0.453. The molecule has 3 unspecified atom stereocenters. The monoisotopic (exact) mass is 538 g/mol. The molecule has 3 atom stereocenters. The number of aromatic nitrogens is 1. The fourth-order valence-electron chi connectivity index (χ4n) is 5.21. The summed E-state index contributed by atoms with van der Waals surface area (Å²) >= 11 is 6.74. The Morgan fingerprint density at radius 2 is 1.97 bits per heavy atom. The van der Waals surface area contributed by atoms with Gasteiger partial charge in [0, 0.05) is 34.4 Å². The van der Waals surface area contributed by atoms with Crippen LogP contribution in [-0.2, 0) is 27.1 Å². The fraction of sp³-hybridized carbons (Fsp3) is 0.615. The van der Waals surface area contributed by atoms with Gasteiger partial charge in [0.2, 0.25) is 0 Å². The average Bonchev–Trinajstić information content (AvgIpc) is 3.18. The number of hydrogen-bond acceptors (Lipinski definition) is 6. The van der Waals surface area contributed by atoms with Crippen LogP contribution >= 0.6 is 22.9 Å². The second kappa shape index (κ2) is 12.4. The Hall–Kier alpha value is -1.16. The molecule has 1 aromatic heterocycles. The molecule has 2 aromatic rings. The molecule has 6 nitrogen and oxygen atoms in total. The minimum absolute atomic E-state index is 0.0675. The highest BCUT2D eigenvalue weighted by molar-refractivity contribution is 7.91. The molecule has 1 saturated heterocycles. The van der Waals surface area contributed by atoms with Crippen LogP contribution in [0.1, 0.15) is 59.2 Å². The zero-order valence-electron chi connectivity index (χ0n) is 20.5. The summed E-state index contributed by atoms with van der Waals surface area (Å²) < 4.78 is 18.6. The van der Waals surface area contributed by atoms with Crippen LogP contribution in [0.5, 0.6) is 0 Å². The zero-order chi connectivity index (χ0) is 24.9. The Morgan fingerprint density at radius 1 is 1.26 bits per heavy atom. The van der Waals surface area contributed by atoms with Gasteiger partial charge in [-0.1, -0.05) is 34.9 Å². The first kappa shape index (κ1) is 26.9.